The molecular weight excluding hydrogens is 342 g/mol. The molecule has 8 nitrogen and oxygen atoms in total. The van der Waals surface area contributed by atoms with Crippen molar-refractivity contribution in [1.29, 1.82) is 0 Å². The number of hydrogen-bond donors (Lipinski definition) is 2. The van der Waals surface area contributed by atoms with E-state index in [-0.39, 0.29) is 17.3 Å². The lowest BCUT2D eigenvalue weighted by Crippen LogP contribution is -2.27. The number of nitrogens with zero attached hydrogens (tertiary/aromatic N) is 3. The second kappa shape index (κ2) is 6.99. The zero-order chi connectivity index (χ0) is 17.9. The second-order valence-corrected chi connectivity index (χ2v) is 7.25. The molecule has 1 aromatic heterocycles. The third-order valence-electron chi connectivity index (χ3n) is 3.71. The molecule has 0 saturated heterocycles. The lowest BCUT2D eigenvalue weighted by molar-refractivity contribution is -0.121. The van der Waals surface area contributed by atoms with Gasteiger partial charge in [0.25, 0.3) is 0 Å². The molecule has 0 spiro atoms. The monoisotopic (exact) mass is 359 g/mol. The van der Waals surface area contributed by atoms with Gasteiger partial charge < -0.3 is 5.32 Å². The summed E-state index contributed by atoms with van der Waals surface area (Å²) in [5, 5.41) is 10.8. The number of aromatic nitrogens is 3. The van der Waals surface area contributed by atoms with Gasteiger partial charge in [0.05, 0.1) is 10.4 Å². The summed E-state index contributed by atoms with van der Waals surface area (Å²) in [6, 6.07) is 13.7. The molecule has 3 aromatic rings. The molecule has 3 rings (SSSR count). The average molecular weight is 359 g/mol. The molecule has 1 heterocycles. The van der Waals surface area contributed by atoms with Gasteiger partial charge in [-0.1, -0.05) is 29.5 Å². The first-order valence-electron chi connectivity index (χ1n) is 7.57. The highest BCUT2D eigenvalue weighted by Gasteiger charge is 2.11. The number of amides is 1. The van der Waals surface area contributed by atoms with Crippen LogP contribution in [0.5, 0.6) is 0 Å². The molecule has 2 aromatic carbocycles. The summed E-state index contributed by atoms with van der Waals surface area (Å²) in [7, 11) is -2.10. The van der Waals surface area contributed by atoms with Crippen molar-refractivity contribution in [3.63, 3.8) is 0 Å². The molecule has 1 amide bonds. The van der Waals surface area contributed by atoms with Crippen LogP contribution in [-0.4, -0.2) is 36.4 Å². The molecule has 0 saturated carbocycles. The number of para-hydroxylation sites is 1. The summed E-state index contributed by atoms with van der Waals surface area (Å²) in [6.45, 7) is 0.359. The normalized spacial score (nSPS) is 11.6. The maximum absolute atomic E-state index is 12.1. The van der Waals surface area contributed by atoms with Crippen molar-refractivity contribution in [3.8, 4) is 0 Å². The Labute approximate surface area is 144 Å². The van der Waals surface area contributed by atoms with E-state index in [1.165, 1.54) is 23.9 Å². The second-order valence-electron chi connectivity index (χ2n) is 5.36. The predicted octanol–water partition coefficient (Wildman–Crippen LogP) is 0.656. The van der Waals surface area contributed by atoms with Crippen LogP contribution in [0.4, 0.5) is 0 Å². The maximum atomic E-state index is 12.1. The van der Waals surface area contributed by atoms with Gasteiger partial charge in [0.1, 0.15) is 12.1 Å². The van der Waals surface area contributed by atoms with Crippen molar-refractivity contribution in [3.05, 3.63) is 54.1 Å². The van der Waals surface area contributed by atoms with E-state index in [0.29, 0.717) is 6.54 Å². The first-order valence-corrected chi connectivity index (χ1v) is 9.05. The Hall–Kier alpha value is -2.78. The average Bonchev–Trinajstić information content (AvgIpc) is 3.03. The summed E-state index contributed by atoms with van der Waals surface area (Å²) >= 11 is 0. The van der Waals surface area contributed by atoms with Gasteiger partial charge in [-0.3, -0.25) is 4.79 Å². The van der Waals surface area contributed by atoms with E-state index in [2.05, 4.69) is 20.4 Å². The van der Waals surface area contributed by atoms with Gasteiger partial charge in [-0.15, -0.1) is 5.10 Å². The smallest absolute Gasteiger partial charge is 0.242 e. The Bertz CT molecular complexity index is 996. The molecule has 25 heavy (non-hydrogen) atoms. The lowest BCUT2D eigenvalue weighted by atomic mass is 10.2. The molecule has 0 unspecified atom stereocenters. The molecule has 0 aliphatic carbocycles. The van der Waals surface area contributed by atoms with Gasteiger partial charge in [-0.25, -0.2) is 17.8 Å². The number of fused-ring (bicyclic) bond motifs is 1. The van der Waals surface area contributed by atoms with Crippen molar-refractivity contribution in [1.82, 2.24) is 25.0 Å². The van der Waals surface area contributed by atoms with E-state index in [4.69, 9.17) is 0 Å². The number of nitrogens with one attached hydrogen (secondary N) is 2. The van der Waals surface area contributed by atoms with E-state index in [1.54, 1.807) is 12.1 Å². The molecule has 130 valence electrons. The van der Waals surface area contributed by atoms with Crippen LogP contribution < -0.4 is 10.0 Å². The van der Waals surface area contributed by atoms with Gasteiger partial charge in [-0.2, -0.15) is 0 Å². The lowest BCUT2D eigenvalue weighted by Gasteiger charge is -2.07. The molecule has 0 fully saturated rings. The van der Waals surface area contributed by atoms with Crippen LogP contribution in [0.2, 0.25) is 0 Å². The fraction of sp³-hybridized carbons (Fsp3) is 0.188. The summed E-state index contributed by atoms with van der Waals surface area (Å²) in [4.78, 5) is 12.3. The zero-order valence-electron chi connectivity index (χ0n) is 13.5. The molecule has 9 heteroatoms. The molecule has 0 radical (unpaired) electrons. The van der Waals surface area contributed by atoms with Crippen molar-refractivity contribution in [2.75, 3.05) is 7.05 Å². The molecule has 0 aliphatic heterocycles. The Balaban J connectivity index is 1.61. The van der Waals surface area contributed by atoms with Crippen LogP contribution in [0.15, 0.2) is 53.4 Å². The third kappa shape index (κ3) is 3.83. The standard InChI is InChI=1S/C16H17N5O3S/c1-17-25(23,24)13-8-6-12(7-9-13)10-18-16(22)11-21-15-5-3-2-4-14(15)19-20-21/h2-9,17H,10-11H2,1H3,(H,18,22). The van der Waals surface area contributed by atoms with Gasteiger partial charge in [0.15, 0.2) is 0 Å². The van der Waals surface area contributed by atoms with E-state index >= 15 is 0 Å². The molecule has 2 N–H and O–H groups in total. The maximum Gasteiger partial charge on any atom is 0.242 e. The summed E-state index contributed by atoms with van der Waals surface area (Å²) in [5.41, 5.74) is 2.32. The first kappa shape index (κ1) is 17.1. The van der Waals surface area contributed by atoms with Crippen LogP contribution in [0.1, 0.15) is 5.56 Å². The van der Waals surface area contributed by atoms with Crippen LogP contribution in [-0.2, 0) is 27.9 Å². The number of sulfonamides is 1. The highest BCUT2D eigenvalue weighted by molar-refractivity contribution is 7.89. The third-order valence-corrected chi connectivity index (χ3v) is 5.14. The summed E-state index contributed by atoms with van der Waals surface area (Å²) < 4.78 is 27.1. The van der Waals surface area contributed by atoms with E-state index in [9.17, 15) is 13.2 Å². The minimum Gasteiger partial charge on any atom is -0.350 e. The quantitative estimate of drug-likeness (QED) is 0.672. The van der Waals surface area contributed by atoms with Crippen molar-refractivity contribution >= 4 is 27.0 Å². The topological polar surface area (TPSA) is 106 Å². The van der Waals surface area contributed by atoms with E-state index in [1.807, 2.05) is 24.3 Å². The number of hydrogen-bond acceptors (Lipinski definition) is 5. The number of carbonyl (C=O) groups excluding carboxylic acids is 1. The van der Waals surface area contributed by atoms with Gasteiger partial charge >= 0.3 is 0 Å². The summed E-state index contributed by atoms with van der Waals surface area (Å²) in [6.07, 6.45) is 0. The van der Waals surface area contributed by atoms with Crippen molar-refractivity contribution in [2.24, 2.45) is 0 Å². The van der Waals surface area contributed by atoms with Gasteiger partial charge in [0, 0.05) is 6.54 Å². The minimum atomic E-state index is -3.46. The van der Waals surface area contributed by atoms with Crippen LogP contribution in [0.25, 0.3) is 11.0 Å². The van der Waals surface area contributed by atoms with Gasteiger partial charge in [0.2, 0.25) is 15.9 Å². The van der Waals surface area contributed by atoms with Crippen LogP contribution >= 0.6 is 0 Å². The Morgan fingerprint density at radius 3 is 2.56 bits per heavy atom. The summed E-state index contributed by atoms with van der Waals surface area (Å²) in [5.74, 6) is -0.206. The molecule has 0 aliphatic rings. The van der Waals surface area contributed by atoms with E-state index in [0.717, 1.165) is 16.6 Å². The largest absolute Gasteiger partial charge is 0.350 e. The molecule has 0 bridgehead atoms. The SMILES string of the molecule is CNS(=O)(=O)c1ccc(CNC(=O)Cn2nnc3ccccc32)cc1. The molecular formula is C16H17N5O3S. The Morgan fingerprint density at radius 2 is 1.84 bits per heavy atom. The Kier molecular flexibility index (Phi) is 4.77. The number of rotatable bonds is 6. The first-order chi connectivity index (χ1) is 12.0. The number of carbonyl (C=O) groups is 1. The van der Waals surface area contributed by atoms with E-state index < -0.39 is 10.0 Å². The van der Waals surface area contributed by atoms with Gasteiger partial charge in [-0.05, 0) is 36.9 Å². The van der Waals surface area contributed by atoms with Crippen LogP contribution in [0, 0.1) is 0 Å². The fourth-order valence-corrected chi connectivity index (χ4v) is 3.06. The number of benzene rings is 2. The highest BCUT2D eigenvalue weighted by atomic mass is 32.2. The van der Waals surface area contributed by atoms with Crippen molar-refractivity contribution < 1.29 is 13.2 Å². The zero-order valence-corrected chi connectivity index (χ0v) is 14.3. The predicted molar refractivity (Wildman–Crippen MR) is 92.1 cm³/mol. The van der Waals surface area contributed by atoms with Crippen LogP contribution in [0.3, 0.4) is 0 Å². The minimum absolute atomic E-state index is 0.0622. The highest BCUT2D eigenvalue weighted by Crippen LogP contribution is 2.11. The fourth-order valence-electron chi connectivity index (χ4n) is 2.33. The molecule has 0 atom stereocenters. The Morgan fingerprint density at radius 1 is 1.12 bits per heavy atom. The van der Waals surface area contributed by atoms with Crippen molar-refractivity contribution in [2.45, 2.75) is 18.0 Å².